The lowest BCUT2D eigenvalue weighted by atomic mass is 9.83. The second kappa shape index (κ2) is 6.35. The number of carbonyl (C=O) groups is 1. The lowest BCUT2D eigenvalue weighted by molar-refractivity contribution is -0.149. The Morgan fingerprint density at radius 2 is 1.82 bits per heavy atom. The van der Waals surface area contributed by atoms with Crippen LogP contribution < -0.4 is 0 Å². The Hall–Kier alpha value is -0.620. The molecule has 0 N–H and O–H groups in total. The summed E-state index contributed by atoms with van der Waals surface area (Å²) in [5.74, 6) is 0.0609. The van der Waals surface area contributed by atoms with E-state index >= 15 is 0 Å². The van der Waals surface area contributed by atoms with Crippen LogP contribution in [0.2, 0.25) is 0 Å². The van der Waals surface area contributed by atoms with Crippen LogP contribution >= 0.6 is 0 Å². The SMILES string of the molecule is COS(=O)(=O)CCOC(=O)C1CCC(C)CC1. The molecular weight excluding hydrogens is 244 g/mol. The molecule has 1 fully saturated rings. The third kappa shape index (κ3) is 5.04. The Morgan fingerprint density at radius 3 is 2.35 bits per heavy atom. The second-order valence-electron chi connectivity index (χ2n) is 4.55. The highest BCUT2D eigenvalue weighted by molar-refractivity contribution is 7.86. The molecule has 0 aromatic carbocycles. The van der Waals surface area contributed by atoms with Gasteiger partial charge in [-0.15, -0.1) is 0 Å². The Labute approximate surface area is 103 Å². The van der Waals surface area contributed by atoms with Gasteiger partial charge in [-0.25, -0.2) is 0 Å². The van der Waals surface area contributed by atoms with Crippen LogP contribution in [0.4, 0.5) is 0 Å². The molecule has 1 aliphatic carbocycles. The molecule has 0 radical (unpaired) electrons. The predicted octanol–water partition coefficient (Wildman–Crippen LogP) is 1.33. The Bertz CT molecular complexity index is 341. The number of ether oxygens (including phenoxy) is 1. The van der Waals surface area contributed by atoms with Gasteiger partial charge in [-0.2, -0.15) is 8.42 Å². The number of rotatable bonds is 5. The van der Waals surface area contributed by atoms with Crippen molar-refractivity contribution in [2.75, 3.05) is 19.5 Å². The number of esters is 1. The molecule has 1 saturated carbocycles. The summed E-state index contributed by atoms with van der Waals surface area (Å²) in [6, 6.07) is 0. The summed E-state index contributed by atoms with van der Waals surface area (Å²) in [6.45, 7) is 2.05. The van der Waals surface area contributed by atoms with Gasteiger partial charge in [0.15, 0.2) is 0 Å². The van der Waals surface area contributed by atoms with E-state index in [2.05, 4.69) is 11.1 Å². The maximum absolute atomic E-state index is 11.6. The van der Waals surface area contributed by atoms with Crippen LogP contribution in [0.15, 0.2) is 0 Å². The fraction of sp³-hybridized carbons (Fsp3) is 0.909. The maximum Gasteiger partial charge on any atom is 0.308 e. The molecule has 0 spiro atoms. The zero-order valence-electron chi connectivity index (χ0n) is 10.3. The van der Waals surface area contributed by atoms with Crippen LogP contribution in [0, 0.1) is 11.8 Å². The highest BCUT2D eigenvalue weighted by Gasteiger charge is 2.25. The summed E-state index contributed by atoms with van der Waals surface area (Å²) in [7, 11) is -2.43. The van der Waals surface area contributed by atoms with Crippen molar-refractivity contribution in [2.45, 2.75) is 32.6 Å². The molecule has 0 amide bonds. The first-order chi connectivity index (χ1) is 7.94. The van der Waals surface area contributed by atoms with Crippen LogP contribution in [0.5, 0.6) is 0 Å². The summed E-state index contributed by atoms with van der Waals surface area (Å²) in [5.41, 5.74) is 0. The molecule has 0 heterocycles. The average Bonchev–Trinajstić information content (AvgIpc) is 2.29. The van der Waals surface area contributed by atoms with Gasteiger partial charge in [0.25, 0.3) is 10.1 Å². The first kappa shape index (κ1) is 14.4. The van der Waals surface area contributed by atoms with E-state index in [9.17, 15) is 13.2 Å². The fourth-order valence-electron chi connectivity index (χ4n) is 1.94. The molecule has 100 valence electrons. The molecule has 0 aliphatic heterocycles. The Balaban J connectivity index is 2.26. The Morgan fingerprint density at radius 1 is 1.24 bits per heavy atom. The third-order valence-electron chi connectivity index (χ3n) is 3.18. The van der Waals surface area contributed by atoms with Crippen molar-refractivity contribution in [2.24, 2.45) is 11.8 Å². The number of hydrogen-bond acceptors (Lipinski definition) is 5. The number of carbonyl (C=O) groups excluding carboxylic acids is 1. The molecule has 0 saturated heterocycles. The first-order valence-corrected chi connectivity index (χ1v) is 7.47. The van der Waals surface area contributed by atoms with Crippen molar-refractivity contribution >= 4 is 16.1 Å². The summed E-state index contributed by atoms with van der Waals surface area (Å²) in [6.07, 6.45) is 3.76. The number of hydrogen-bond donors (Lipinski definition) is 0. The highest BCUT2D eigenvalue weighted by Crippen LogP contribution is 2.28. The molecule has 0 bridgehead atoms. The zero-order chi connectivity index (χ0) is 12.9. The largest absolute Gasteiger partial charge is 0.464 e. The first-order valence-electron chi connectivity index (χ1n) is 5.89. The Kier molecular flexibility index (Phi) is 5.39. The summed E-state index contributed by atoms with van der Waals surface area (Å²) in [5, 5.41) is 0. The van der Waals surface area contributed by atoms with Crippen LogP contribution in [-0.2, 0) is 23.8 Å². The van der Waals surface area contributed by atoms with Crippen molar-refractivity contribution in [3.8, 4) is 0 Å². The minimum atomic E-state index is -3.53. The normalized spacial score (nSPS) is 25.5. The van der Waals surface area contributed by atoms with E-state index in [1.165, 1.54) is 0 Å². The quantitative estimate of drug-likeness (QED) is 0.553. The molecule has 17 heavy (non-hydrogen) atoms. The van der Waals surface area contributed by atoms with Crippen molar-refractivity contribution in [3.63, 3.8) is 0 Å². The van der Waals surface area contributed by atoms with Crippen molar-refractivity contribution < 1.29 is 22.1 Å². The van der Waals surface area contributed by atoms with E-state index in [1.54, 1.807) is 0 Å². The van der Waals surface area contributed by atoms with E-state index < -0.39 is 10.1 Å². The van der Waals surface area contributed by atoms with Gasteiger partial charge in [0.05, 0.1) is 13.0 Å². The average molecular weight is 264 g/mol. The maximum atomic E-state index is 11.6. The van der Waals surface area contributed by atoms with Crippen LogP contribution in [0.25, 0.3) is 0 Å². The van der Waals surface area contributed by atoms with E-state index in [4.69, 9.17) is 4.74 Å². The topological polar surface area (TPSA) is 69.7 Å². The minimum Gasteiger partial charge on any atom is -0.464 e. The summed E-state index contributed by atoms with van der Waals surface area (Å²) < 4.78 is 31.2. The lowest BCUT2D eigenvalue weighted by Gasteiger charge is -2.24. The van der Waals surface area contributed by atoms with Gasteiger partial charge in [0.2, 0.25) is 0 Å². The lowest BCUT2D eigenvalue weighted by Crippen LogP contribution is -2.25. The predicted molar refractivity (Wildman–Crippen MR) is 62.9 cm³/mol. The van der Waals surface area contributed by atoms with Gasteiger partial charge >= 0.3 is 5.97 Å². The molecule has 1 aliphatic rings. The molecular formula is C11H20O5S. The van der Waals surface area contributed by atoms with E-state index in [0.717, 1.165) is 32.8 Å². The van der Waals surface area contributed by atoms with Crippen molar-refractivity contribution in [1.82, 2.24) is 0 Å². The monoisotopic (exact) mass is 264 g/mol. The van der Waals surface area contributed by atoms with Crippen LogP contribution in [0.3, 0.4) is 0 Å². The van der Waals surface area contributed by atoms with E-state index in [1.807, 2.05) is 0 Å². The molecule has 0 aromatic heterocycles. The molecule has 5 nitrogen and oxygen atoms in total. The van der Waals surface area contributed by atoms with Crippen LogP contribution in [0.1, 0.15) is 32.6 Å². The van der Waals surface area contributed by atoms with Gasteiger partial charge in [-0.1, -0.05) is 6.92 Å². The van der Waals surface area contributed by atoms with Gasteiger partial charge in [-0.05, 0) is 31.6 Å². The van der Waals surface area contributed by atoms with E-state index in [-0.39, 0.29) is 24.2 Å². The summed E-state index contributed by atoms with van der Waals surface area (Å²) >= 11 is 0. The summed E-state index contributed by atoms with van der Waals surface area (Å²) in [4.78, 5) is 11.6. The fourth-order valence-corrected chi connectivity index (χ4v) is 2.40. The highest BCUT2D eigenvalue weighted by atomic mass is 32.2. The van der Waals surface area contributed by atoms with Gasteiger partial charge < -0.3 is 4.74 Å². The molecule has 0 aromatic rings. The molecule has 0 atom stereocenters. The van der Waals surface area contributed by atoms with Gasteiger partial charge in [0, 0.05) is 0 Å². The second-order valence-corrected chi connectivity index (χ2v) is 6.41. The smallest absolute Gasteiger partial charge is 0.308 e. The van der Waals surface area contributed by atoms with E-state index in [0.29, 0.717) is 5.92 Å². The van der Waals surface area contributed by atoms with Crippen molar-refractivity contribution in [3.05, 3.63) is 0 Å². The molecule has 0 unspecified atom stereocenters. The third-order valence-corrected chi connectivity index (χ3v) is 4.36. The minimum absolute atomic E-state index is 0.0588. The zero-order valence-corrected chi connectivity index (χ0v) is 11.2. The van der Waals surface area contributed by atoms with Gasteiger partial charge in [0.1, 0.15) is 12.4 Å². The van der Waals surface area contributed by atoms with Crippen molar-refractivity contribution in [1.29, 1.82) is 0 Å². The molecule has 6 heteroatoms. The van der Waals surface area contributed by atoms with Crippen LogP contribution in [-0.4, -0.2) is 33.9 Å². The standard InChI is InChI=1S/C11H20O5S/c1-9-3-5-10(6-4-9)11(12)16-7-8-17(13,14)15-2/h9-10H,3-8H2,1-2H3. The molecule has 1 rings (SSSR count). The van der Waals surface area contributed by atoms with Gasteiger partial charge in [-0.3, -0.25) is 8.98 Å².